The van der Waals surface area contributed by atoms with Gasteiger partial charge in [0.15, 0.2) is 11.8 Å². The third-order valence-corrected chi connectivity index (χ3v) is 2.03. The van der Waals surface area contributed by atoms with Crippen LogP contribution in [0.15, 0.2) is 5.16 Å². The number of carbonyl (C=O) groups is 2. The first-order chi connectivity index (χ1) is 8.31. The monoisotopic (exact) mass is 258 g/mol. The molecular weight excluding hydrogens is 240 g/mol. The number of hydrogen-bond acceptors (Lipinski definition) is 6. The van der Waals surface area contributed by atoms with Gasteiger partial charge in [-0.1, -0.05) is 5.16 Å². The van der Waals surface area contributed by atoms with Crippen LogP contribution in [0.3, 0.4) is 0 Å². The lowest BCUT2D eigenvalue weighted by molar-refractivity contribution is -0.132. The van der Waals surface area contributed by atoms with E-state index >= 15 is 0 Å². The number of alkyl carbamates (subject to hydrolysis) is 1. The van der Waals surface area contributed by atoms with Crippen molar-refractivity contribution >= 4 is 17.8 Å². The second-order valence-corrected chi connectivity index (χ2v) is 4.84. The standard InChI is InChI=1S/C11H18N2O5/c1-11(2,3)17-10(15)12-6-7-5-8(13-18-7)9(14)16-4/h7H,5-6H2,1-4H3,(H,12,15). The molecule has 7 nitrogen and oxygen atoms in total. The molecule has 1 unspecified atom stereocenters. The number of hydrogen-bond donors (Lipinski definition) is 1. The Morgan fingerprint density at radius 1 is 1.50 bits per heavy atom. The second kappa shape index (κ2) is 5.70. The molecule has 102 valence electrons. The summed E-state index contributed by atoms with van der Waals surface area (Å²) in [7, 11) is 1.27. The van der Waals surface area contributed by atoms with E-state index in [2.05, 4.69) is 15.2 Å². The van der Waals surface area contributed by atoms with Gasteiger partial charge in [0.05, 0.1) is 13.7 Å². The van der Waals surface area contributed by atoms with Crippen LogP contribution in [0.2, 0.25) is 0 Å². The summed E-state index contributed by atoms with van der Waals surface area (Å²) < 4.78 is 9.57. The van der Waals surface area contributed by atoms with Crippen LogP contribution in [0, 0.1) is 0 Å². The minimum Gasteiger partial charge on any atom is -0.464 e. The fourth-order valence-corrected chi connectivity index (χ4v) is 1.29. The molecule has 0 fully saturated rings. The molecular formula is C11H18N2O5. The lowest BCUT2D eigenvalue weighted by atomic mass is 10.2. The predicted molar refractivity (Wildman–Crippen MR) is 63.2 cm³/mol. The van der Waals surface area contributed by atoms with E-state index in [0.29, 0.717) is 6.42 Å². The fourth-order valence-electron chi connectivity index (χ4n) is 1.29. The molecule has 0 saturated heterocycles. The Morgan fingerprint density at radius 2 is 2.17 bits per heavy atom. The van der Waals surface area contributed by atoms with Crippen LogP contribution in [0.1, 0.15) is 27.2 Å². The topological polar surface area (TPSA) is 86.2 Å². The van der Waals surface area contributed by atoms with Gasteiger partial charge >= 0.3 is 12.1 Å². The molecule has 1 aliphatic rings. The van der Waals surface area contributed by atoms with Crippen molar-refractivity contribution in [1.82, 2.24) is 5.32 Å². The molecule has 1 aliphatic heterocycles. The van der Waals surface area contributed by atoms with Gasteiger partial charge in [-0.25, -0.2) is 9.59 Å². The van der Waals surface area contributed by atoms with Gasteiger partial charge < -0.3 is 19.6 Å². The highest BCUT2D eigenvalue weighted by Crippen LogP contribution is 2.11. The number of oxime groups is 1. The molecule has 0 bridgehead atoms. The van der Waals surface area contributed by atoms with Crippen molar-refractivity contribution in [2.75, 3.05) is 13.7 Å². The number of carbonyl (C=O) groups excluding carboxylic acids is 2. The van der Waals surface area contributed by atoms with E-state index in [1.54, 1.807) is 20.8 Å². The quantitative estimate of drug-likeness (QED) is 0.758. The number of nitrogens with zero attached hydrogens (tertiary/aromatic N) is 1. The first-order valence-corrected chi connectivity index (χ1v) is 5.59. The molecule has 7 heteroatoms. The van der Waals surface area contributed by atoms with Gasteiger partial charge in [-0.05, 0) is 20.8 Å². The molecule has 0 saturated carbocycles. The number of esters is 1. The third kappa shape index (κ3) is 4.60. The highest BCUT2D eigenvalue weighted by molar-refractivity contribution is 6.36. The van der Waals surface area contributed by atoms with Crippen molar-refractivity contribution < 1.29 is 23.9 Å². The molecule has 0 aliphatic carbocycles. The van der Waals surface area contributed by atoms with E-state index in [4.69, 9.17) is 9.57 Å². The molecule has 18 heavy (non-hydrogen) atoms. The molecule has 0 spiro atoms. The highest BCUT2D eigenvalue weighted by Gasteiger charge is 2.27. The van der Waals surface area contributed by atoms with E-state index in [0.717, 1.165) is 0 Å². The van der Waals surface area contributed by atoms with Gasteiger partial charge in [-0.2, -0.15) is 0 Å². The van der Waals surface area contributed by atoms with Crippen LogP contribution < -0.4 is 5.32 Å². The van der Waals surface area contributed by atoms with Gasteiger partial charge in [0, 0.05) is 6.42 Å². The van der Waals surface area contributed by atoms with E-state index in [1.807, 2.05) is 0 Å². The fraction of sp³-hybridized carbons (Fsp3) is 0.727. The highest BCUT2D eigenvalue weighted by atomic mass is 16.6. The van der Waals surface area contributed by atoms with E-state index in [-0.39, 0.29) is 18.4 Å². The Hall–Kier alpha value is -1.79. The van der Waals surface area contributed by atoms with Crippen molar-refractivity contribution in [3.63, 3.8) is 0 Å². The summed E-state index contributed by atoms with van der Waals surface area (Å²) in [5.74, 6) is -0.519. The van der Waals surface area contributed by atoms with Crippen LogP contribution in [0.25, 0.3) is 0 Å². The van der Waals surface area contributed by atoms with Crippen LogP contribution in [0.5, 0.6) is 0 Å². The minimum absolute atomic E-state index is 0.216. The van der Waals surface area contributed by atoms with Crippen LogP contribution >= 0.6 is 0 Å². The van der Waals surface area contributed by atoms with E-state index < -0.39 is 17.7 Å². The van der Waals surface area contributed by atoms with Crippen molar-refractivity contribution in [2.45, 2.75) is 38.9 Å². The van der Waals surface area contributed by atoms with Crippen LogP contribution in [0.4, 0.5) is 4.79 Å². The number of nitrogens with one attached hydrogen (secondary N) is 1. The van der Waals surface area contributed by atoms with Gasteiger partial charge in [0.25, 0.3) is 0 Å². The largest absolute Gasteiger partial charge is 0.464 e. The molecule has 1 atom stereocenters. The van der Waals surface area contributed by atoms with Crippen molar-refractivity contribution in [1.29, 1.82) is 0 Å². The zero-order chi connectivity index (χ0) is 13.8. The van der Waals surface area contributed by atoms with Crippen molar-refractivity contribution in [3.8, 4) is 0 Å². The maximum Gasteiger partial charge on any atom is 0.407 e. The average Bonchev–Trinajstić information content (AvgIpc) is 2.71. The summed E-state index contributed by atoms with van der Waals surface area (Å²) in [4.78, 5) is 27.5. The van der Waals surface area contributed by atoms with Gasteiger partial charge in [-0.3, -0.25) is 0 Å². The lowest BCUT2D eigenvalue weighted by Crippen LogP contribution is -2.37. The summed E-state index contributed by atoms with van der Waals surface area (Å²) >= 11 is 0. The number of rotatable bonds is 3. The van der Waals surface area contributed by atoms with Crippen LogP contribution in [-0.2, 0) is 19.1 Å². The summed E-state index contributed by atoms with van der Waals surface area (Å²) in [6.07, 6.45) is -0.591. The van der Waals surface area contributed by atoms with Crippen molar-refractivity contribution in [2.24, 2.45) is 5.16 Å². The molecule has 1 N–H and O–H groups in total. The van der Waals surface area contributed by atoms with Gasteiger partial charge in [0.1, 0.15) is 5.60 Å². The van der Waals surface area contributed by atoms with Crippen LogP contribution in [-0.4, -0.2) is 43.1 Å². The molecule has 0 aromatic rings. The Bertz CT molecular complexity index is 359. The number of methoxy groups -OCH3 is 1. The Balaban J connectivity index is 2.27. The van der Waals surface area contributed by atoms with E-state index in [9.17, 15) is 9.59 Å². The molecule has 1 rings (SSSR count). The zero-order valence-electron chi connectivity index (χ0n) is 11.0. The maximum absolute atomic E-state index is 11.4. The predicted octanol–water partition coefficient (Wildman–Crippen LogP) is 0.829. The minimum atomic E-state index is -0.547. The Morgan fingerprint density at radius 3 is 2.72 bits per heavy atom. The van der Waals surface area contributed by atoms with Gasteiger partial charge in [-0.15, -0.1) is 0 Å². The summed E-state index contributed by atoms with van der Waals surface area (Å²) in [6, 6.07) is 0. The Labute approximate surface area is 105 Å². The summed E-state index contributed by atoms with van der Waals surface area (Å²) in [5.41, 5.74) is -0.331. The summed E-state index contributed by atoms with van der Waals surface area (Å²) in [5, 5.41) is 6.14. The number of amides is 1. The van der Waals surface area contributed by atoms with Crippen molar-refractivity contribution in [3.05, 3.63) is 0 Å². The first kappa shape index (κ1) is 14.3. The molecule has 0 aromatic heterocycles. The molecule has 0 aromatic carbocycles. The third-order valence-electron chi connectivity index (χ3n) is 2.03. The molecule has 1 heterocycles. The maximum atomic E-state index is 11.4. The van der Waals surface area contributed by atoms with Gasteiger partial charge in [0.2, 0.25) is 0 Å². The lowest BCUT2D eigenvalue weighted by Gasteiger charge is -2.20. The SMILES string of the molecule is COC(=O)C1=NOC(CNC(=O)OC(C)(C)C)C1. The smallest absolute Gasteiger partial charge is 0.407 e. The zero-order valence-corrected chi connectivity index (χ0v) is 11.0. The second-order valence-electron chi connectivity index (χ2n) is 4.84. The number of ether oxygens (including phenoxy) is 2. The van der Waals surface area contributed by atoms with E-state index in [1.165, 1.54) is 7.11 Å². The molecule has 1 amide bonds. The summed E-state index contributed by atoms with van der Waals surface area (Å²) in [6.45, 7) is 5.55. The average molecular weight is 258 g/mol. The molecule has 0 radical (unpaired) electrons. The normalized spacial score (nSPS) is 18.7. The first-order valence-electron chi connectivity index (χ1n) is 5.59. The Kier molecular flexibility index (Phi) is 4.52.